The second kappa shape index (κ2) is 7.88. The summed E-state index contributed by atoms with van der Waals surface area (Å²) in [7, 11) is -3.41. The van der Waals surface area contributed by atoms with Crippen molar-refractivity contribution in [2.24, 2.45) is 0 Å². The van der Waals surface area contributed by atoms with Gasteiger partial charge in [-0.2, -0.15) is 0 Å². The Morgan fingerprint density at radius 1 is 0.889 bits per heavy atom. The second-order valence-corrected chi connectivity index (χ2v) is 10.2. The fourth-order valence-corrected chi connectivity index (χ4v) is 7.35. The summed E-state index contributed by atoms with van der Waals surface area (Å²) in [5, 5.41) is 0.652. The molecule has 0 saturated carbocycles. The molecule has 5 heteroatoms. The van der Waals surface area contributed by atoms with Crippen molar-refractivity contribution < 1.29 is 13.6 Å². The van der Waals surface area contributed by atoms with E-state index in [9.17, 15) is 4.57 Å². The van der Waals surface area contributed by atoms with Crippen molar-refractivity contribution >= 4 is 42.5 Å². The monoisotopic (exact) mass is 442 g/mol. The third kappa shape index (κ3) is 3.67. The fraction of sp³-hybridized carbons (Fsp3) is 0.0909. The number of benzene rings is 3. The van der Waals surface area contributed by atoms with E-state index in [0.717, 1.165) is 15.6 Å². The SMILES string of the molecule is CCOP1(=O)OC(c2ccccc2)=C([Se]c2ccccc2)c2ccccc21. The van der Waals surface area contributed by atoms with E-state index in [1.807, 2.05) is 79.7 Å². The Labute approximate surface area is 165 Å². The first-order valence-electron chi connectivity index (χ1n) is 8.78. The Kier molecular flexibility index (Phi) is 5.33. The number of hydrogen-bond donors (Lipinski definition) is 0. The first-order valence-corrected chi connectivity index (χ1v) is 12.0. The van der Waals surface area contributed by atoms with Crippen molar-refractivity contribution in [1.82, 2.24) is 0 Å². The average Bonchev–Trinajstić information content (AvgIpc) is 2.72. The first-order chi connectivity index (χ1) is 13.2. The van der Waals surface area contributed by atoms with Gasteiger partial charge in [-0.3, -0.25) is 0 Å². The van der Waals surface area contributed by atoms with E-state index in [4.69, 9.17) is 9.05 Å². The Hall–Kier alpha value is -2.09. The van der Waals surface area contributed by atoms with Gasteiger partial charge in [0.2, 0.25) is 0 Å². The summed E-state index contributed by atoms with van der Waals surface area (Å²) in [5.41, 5.74) is 1.88. The number of rotatable bonds is 5. The molecule has 0 aromatic heterocycles. The molecule has 0 bridgehead atoms. The molecule has 136 valence electrons. The van der Waals surface area contributed by atoms with E-state index < -0.39 is 7.60 Å². The van der Waals surface area contributed by atoms with Gasteiger partial charge in [0.05, 0.1) is 0 Å². The number of hydrogen-bond acceptors (Lipinski definition) is 3. The molecule has 3 aromatic rings. The summed E-state index contributed by atoms with van der Waals surface area (Å²) < 4.78 is 27.7. The van der Waals surface area contributed by atoms with Gasteiger partial charge in [0.25, 0.3) is 0 Å². The Balaban J connectivity index is 1.93. The maximum absolute atomic E-state index is 13.6. The number of fused-ring (bicyclic) bond motifs is 1. The molecule has 0 spiro atoms. The van der Waals surface area contributed by atoms with Crippen LogP contribution in [0.3, 0.4) is 0 Å². The molecule has 0 N–H and O–H groups in total. The fourth-order valence-electron chi connectivity index (χ4n) is 2.98. The van der Waals surface area contributed by atoms with E-state index in [1.165, 1.54) is 4.46 Å². The van der Waals surface area contributed by atoms with Gasteiger partial charge in [-0.05, 0) is 0 Å². The van der Waals surface area contributed by atoms with Crippen molar-refractivity contribution in [1.29, 1.82) is 0 Å². The van der Waals surface area contributed by atoms with Crippen LogP contribution in [0, 0.1) is 0 Å². The van der Waals surface area contributed by atoms with Crippen LogP contribution in [-0.2, 0) is 13.6 Å². The van der Waals surface area contributed by atoms with Crippen LogP contribution in [0.4, 0.5) is 0 Å². The molecule has 3 aromatic carbocycles. The quantitative estimate of drug-likeness (QED) is 0.434. The molecule has 0 saturated heterocycles. The molecule has 1 heterocycles. The first kappa shape index (κ1) is 18.3. The van der Waals surface area contributed by atoms with E-state index in [-0.39, 0.29) is 15.0 Å². The van der Waals surface area contributed by atoms with Crippen molar-refractivity contribution in [3.63, 3.8) is 0 Å². The van der Waals surface area contributed by atoms with Crippen molar-refractivity contribution in [3.8, 4) is 0 Å². The van der Waals surface area contributed by atoms with Gasteiger partial charge in [0, 0.05) is 0 Å². The van der Waals surface area contributed by atoms with Crippen LogP contribution in [0.1, 0.15) is 18.1 Å². The van der Waals surface area contributed by atoms with Gasteiger partial charge in [0.1, 0.15) is 0 Å². The molecule has 0 aliphatic carbocycles. The van der Waals surface area contributed by atoms with Crippen LogP contribution in [0.5, 0.6) is 0 Å². The van der Waals surface area contributed by atoms with Gasteiger partial charge in [0.15, 0.2) is 0 Å². The minimum atomic E-state index is -3.41. The summed E-state index contributed by atoms with van der Waals surface area (Å²) >= 11 is 0.00000272. The Bertz CT molecular complexity index is 1020. The summed E-state index contributed by atoms with van der Waals surface area (Å²) in [6, 6.07) is 27.9. The van der Waals surface area contributed by atoms with E-state index in [1.54, 1.807) is 0 Å². The molecule has 3 nitrogen and oxygen atoms in total. The molecule has 1 atom stereocenters. The maximum atomic E-state index is 13.6. The summed E-state index contributed by atoms with van der Waals surface area (Å²) in [6.07, 6.45) is 0. The third-order valence-corrected chi connectivity index (χ3v) is 8.50. The average molecular weight is 441 g/mol. The Morgan fingerprint density at radius 3 is 2.22 bits per heavy atom. The van der Waals surface area contributed by atoms with Gasteiger partial charge < -0.3 is 0 Å². The molecule has 0 fully saturated rings. The predicted molar refractivity (Wildman–Crippen MR) is 111 cm³/mol. The molecule has 1 aliphatic heterocycles. The zero-order chi connectivity index (χ0) is 18.7. The van der Waals surface area contributed by atoms with Crippen LogP contribution in [-0.4, -0.2) is 21.6 Å². The van der Waals surface area contributed by atoms with E-state index in [0.29, 0.717) is 17.7 Å². The molecule has 0 amide bonds. The molecule has 1 aliphatic rings. The standard InChI is InChI=1S/C22H19O3PSe/c1-2-24-26(23)20-16-10-9-15-19(20)22(27-18-13-7-4-8-14-18)21(25-26)17-11-5-3-6-12-17/h3-16H,2H2,1H3. The topological polar surface area (TPSA) is 35.5 Å². The second-order valence-electron chi connectivity index (χ2n) is 5.96. The van der Waals surface area contributed by atoms with Crippen LogP contribution in [0.2, 0.25) is 0 Å². The zero-order valence-corrected chi connectivity index (χ0v) is 17.5. The minimum absolute atomic E-state index is 0.00000272. The predicted octanol–water partition coefficient (Wildman–Crippen LogP) is 4.43. The molecule has 1 unspecified atom stereocenters. The molecule has 0 radical (unpaired) electrons. The summed E-state index contributed by atoms with van der Waals surface area (Å²) in [4.78, 5) is 0. The normalized spacial score (nSPS) is 18.7. The van der Waals surface area contributed by atoms with E-state index >= 15 is 0 Å². The van der Waals surface area contributed by atoms with Gasteiger partial charge in [-0.15, -0.1) is 0 Å². The van der Waals surface area contributed by atoms with Crippen molar-refractivity contribution in [2.45, 2.75) is 6.92 Å². The summed E-state index contributed by atoms with van der Waals surface area (Å²) in [6.45, 7) is 2.16. The molecule has 27 heavy (non-hydrogen) atoms. The van der Waals surface area contributed by atoms with Gasteiger partial charge in [-0.25, -0.2) is 0 Å². The van der Waals surface area contributed by atoms with Gasteiger partial charge >= 0.3 is 166 Å². The van der Waals surface area contributed by atoms with Crippen molar-refractivity contribution in [2.75, 3.05) is 6.61 Å². The Morgan fingerprint density at radius 2 is 1.52 bits per heavy atom. The van der Waals surface area contributed by atoms with Crippen LogP contribution < -0.4 is 9.77 Å². The van der Waals surface area contributed by atoms with Crippen LogP contribution in [0.25, 0.3) is 10.2 Å². The third-order valence-electron chi connectivity index (χ3n) is 4.16. The molecule has 4 rings (SSSR count). The van der Waals surface area contributed by atoms with E-state index in [2.05, 4.69) is 12.1 Å². The van der Waals surface area contributed by atoms with Crippen LogP contribution >= 0.6 is 7.60 Å². The zero-order valence-electron chi connectivity index (χ0n) is 14.9. The summed E-state index contributed by atoms with van der Waals surface area (Å²) in [5.74, 6) is 0.662. The van der Waals surface area contributed by atoms with Crippen molar-refractivity contribution in [3.05, 3.63) is 96.1 Å². The van der Waals surface area contributed by atoms with Gasteiger partial charge in [-0.1, -0.05) is 0 Å². The molecular formula is C22H19O3PSe. The molecular weight excluding hydrogens is 422 g/mol. The van der Waals surface area contributed by atoms with Crippen LogP contribution in [0.15, 0.2) is 84.9 Å².